The van der Waals surface area contributed by atoms with Gasteiger partial charge in [-0.3, -0.25) is 4.40 Å². The van der Waals surface area contributed by atoms with Crippen molar-refractivity contribution in [3.63, 3.8) is 0 Å². The van der Waals surface area contributed by atoms with Crippen LogP contribution in [-0.4, -0.2) is 23.6 Å². The molecule has 2 aromatic heterocycles. The van der Waals surface area contributed by atoms with Crippen LogP contribution in [0.1, 0.15) is 5.56 Å². The molecule has 3 aromatic rings. The van der Waals surface area contributed by atoms with E-state index in [1.54, 1.807) is 35.9 Å². The topological polar surface area (TPSA) is 59.6 Å². The highest BCUT2D eigenvalue weighted by Gasteiger charge is 2.16. The lowest BCUT2D eigenvalue weighted by molar-refractivity contribution is 0.393. The normalized spacial score (nSPS) is 10.5. The molecule has 0 fully saturated rings. The number of nitriles is 1. The first-order chi connectivity index (χ1) is 10.7. The van der Waals surface area contributed by atoms with Gasteiger partial charge in [-0.1, -0.05) is 6.07 Å². The number of aromatic nitrogens is 2. The summed E-state index contributed by atoms with van der Waals surface area (Å²) in [6.07, 6.45) is 1.62. The standard InChI is InChI=1S/C16H12FN3O2/c1-21-14-7-10(6-12(17)11(14)8-18)13-9-19-15-4-3-5-16(22-2)20(13)15/h3-7,9H,1-2H3. The third-order valence-corrected chi connectivity index (χ3v) is 3.38. The highest BCUT2D eigenvalue weighted by molar-refractivity contribution is 5.68. The second kappa shape index (κ2) is 5.37. The van der Waals surface area contributed by atoms with E-state index < -0.39 is 5.82 Å². The number of benzene rings is 1. The molecule has 0 spiro atoms. The van der Waals surface area contributed by atoms with Crippen LogP contribution < -0.4 is 9.47 Å². The van der Waals surface area contributed by atoms with Gasteiger partial charge in [-0.25, -0.2) is 9.37 Å². The minimum atomic E-state index is -0.637. The Hall–Kier alpha value is -3.07. The summed E-state index contributed by atoms with van der Waals surface area (Å²) in [6, 6.07) is 10.1. The van der Waals surface area contributed by atoms with Crippen molar-refractivity contribution in [3.8, 4) is 29.0 Å². The van der Waals surface area contributed by atoms with E-state index in [0.717, 1.165) is 0 Å². The van der Waals surface area contributed by atoms with E-state index in [2.05, 4.69) is 4.98 Å². The Labute approximate surface area is 126 Å². The first-order valence-electron chi connectivity index (χ1n) is 6.48. The second-order valence-electron chi connectivity index (χ2n) is 4.55. The summed E-state index contributed by atoms with van der Waals surface area (Å²) >= 11 is 0. The van der Waals surface area contributed by atoms with Crippen LogP contribution in [0.15, 0.2) is 36.5 Å². The maximum absolute atomic E-state index is 14.1. The van der Waals surface area contributed by atoms with Crippen molar-refractivity contribution in [1.82, 2.24) is 9.38 Å². The molecule has 0 bridgehead atoms. The number of nitrogens with zero attached hydrogens (tertiary/aromatic N) is 3. The molecule has 3 rings (SSSR count). The minimum absolute atomic E-state index is 0.118. The Morgan fingerprint density at radius 3 is 2.73 bits per heavy atom. The Morgan fingerprint density at radius 1 is 1.23 bits per heavy atom. The predicted molar refractivity (Wildman–Crippen MR) is 78.4 cm³/mol. The molecule has 5 nitrogen and oxygen atoms in total. The molecule has 0 saturated heterocycles. The lowest BCUT2D eigenvalue weighted by Gasteiger charge is -2.10. The summed E-state index contributed by atoms with van der Waals surface area (Å²) in [4.78, 5) is 4.29. The van der Waals surface area contributed by atoms with E-state index >= 15 is 0 Å². The van der Waals surface area contributed by atoms with E-state index in [0.29, 0.717) is 22.8 Å². The van der Waals surface area contributed by atoms with Gasteiger partial charge in [0, 0.05) is 5.56 Å². The summed E-state index contributed by atoms with van der Waals surface area (Å²) in [6.45, 7) is 0. The Bertz CT molecular complexity index is 896. The molecule has 0 unspecified atom stereocenters. The number of rotatable bonds is 3. The average molecular weight is 297 g/mol. The number of pyridine rings is 1. The minimum Gasteiger partial charge on any atom is -0.495 e. The number of imidazole rings is 1. The SMILES string of the molecule is COc1cc(-c2cnc3cccc(OC)n23)cc(F)c1C#N. The van der Waals surface area contributed by atoms with Crippen LogP contribution in [0.5, 0.6) is 11.6 Å². The smallest absolute Gasteiger partial charge is 0.199 e. The van der Waals surface area contributed by atoms with Crippen LogP contribution in [0.4, 0.5) is 4.39 Å². The number of ether oxygens (including phenoxy) is 2. The van der Waals surface area contributed by atoms with Gasteiger partial charge < -0.3 is 9.47 Å². The first-order valence-corrected chi connectivity index (χ1v) is 6.48. The van der Waals surface area contributed by atoms with Gasteiger partial charge >= 0.3 is 0 Å². The summed E-state index contributed by atoms with van der Waals surface area (Å²) in [7, 11) is 2.95. The van der Waals surface area contributed by atoms with Crippen LogP contribution in [0.2, 0.25) is 0 Å². The maximum atomic E-state index is 14.1. The first kappa shape index (κ1) is 13.9. The van der Waals surface area contributed by atoms with Crippen LogP contribution in [0.25, 0.3) is 16.9 Å². The molecule has 22 heavy (non-hydrogen) atoms. The van der Waals surface area contributed by atoms with Crippen molar-refractivity contribution in [2.24, 2.45) is 0 Å². The van der Waals surface area contributed by atoms with E-state index in [1.807, 2.05) is 12.1 Å². The van der Waals surface area contributed by atoms with E-state index in [-0.39, 0.29) is 11.3 Å². The molecule has 1 aromatic carbocycles. The maximum Gasteiger partial charge on any atom is 0.199 e. The molecule has 0 aliphatic rings. The predicted octanol–water partition coefficient (Wildman–Crippen LogP) is 3.03. The summed E-state index contributed by atoms with van der Waals surface area (Å²) < 4.78 is 26.3. The van der Waals surface area contributed by atoms with E-state index in [1.165, 1.54) is 13.2 Å². The van der Waals surface area contributed by atoms with Gasteiger partial charge in [0.05, 0.1) is 26.1 Å². The average Bonchev–Trinajstić information content (AvgIpc) is 2.98. The third kappa shape index (κ3) is 2.04. The summed E-state index contributed by atoms with van der Waals surface area (Å²) in [5.74, 6) is 0.123. The Kier molecular flexibility index (Phi) is 3.39. The monoisotopic (exact) mass is 297 g/mol. The molecule has 0 aliphatic carbocycles. The number of hydrogen-bond acceptors (Lipinski definition) is 4. The molecule has 2 heterocycles. The molecule has 0 amide bonds. The molecule has 0 aliphatic heterocycles. The van der Waals surface area contributed by atoms with Crippen LogP contribution >= 0.6 is 0 Å². The number of fused-ring (bicyclic) bond motifs is 1. The zero-order valence-corrected chi connectivity index (χ0v) is 12.0. The largest absolute Gasteiger partial charge is 0.495 e. The van der Waals surface area contributed by atoms with Crippen molar-refractivity contribution < 1.29 is 13.9 Å². The van der Waals surface area contributed by atoms with E-state index in [4.69, 9.17) is 14.7 Å². The van der Waals surface area contributed by atoms with Crippen molar-refractivity contribution >= 4 is 5.65 Å². The van der Waals surface area contributed by atoms with Crippen molar-refractivity contribution in [2.75, 3.05) is 14.2 Å². The van der Waals surface area contributed by atoms with Crippen molar-refractivity contribution in [1.29, 1.82) is 5.26 Å². The van der Waals surface area contributed by atoms with Gasteiger partial charge in [-0.05, 0) is 24.3 Å². The van der Waals surface area contributed by atoms with Crippen LogP contribution in [0.3, 0.4) is 0 Å². The summed E-state index contributed by atoms with van der Waals surface area (Å²) in [5.41, 5.74) is 1.75. The van der Waals surface area contributed by atoms with Gasteiger partial charge in [-0.2, -0.15) is 5.26 Å². The zero-order valence-electron chi connectivity index (χ0n) is 12.0. The molecule has 0 N–H and O–H groups in total. The fraction of sp³-hybridized carbons (Fsp3) is 0.125. The molecule has 110 valence electrons. The summed E-state index contributed by atoms with van der Waals surface area (Å²) in [5, 5.41) is 9.00. The van der Waals surface area contributed by atoms with Gasteiger partial charge in [0.25, 0.3) is 0 Å². The molecule has 0 radical (unpaired) electrons. The Balaban J connectivity index is 2.29. The molecular weight excluding hydrogens is 285 g/mol. The third-order valence-electron chi connectivity index (χ3n) is 3.38. The number of hydrogen-bond donors (Lipinski definition) is 0. The molecule has 6 heteroatoms. The highest BCUT2D eigenvalue weighted by atomic mass is 19.1. The van der Waals surface area contributed by atoms with Crippen molar-refractivity contribution in [3.05, 3.63) is 47.9 Å². The lowest BCUT2D eigenvalue weighted by atomic mass is 10.1. The second-order valence-corrected chi connectivity index (χ2v) is 4.55. The van der Waals surface area contributed by atoms with Gasteiger partial charge in [0.2, 0.25) is 0 Å². The lowest BCUT2D eigenvalue weighted by Crippen LogP contribution is -1.97. The van der Waals surface area contributed by atoms with Crippen LogP contribution in [-0.2, 0) is 0 Å². The number of methoxy groups -OCH3 is 2. The zero-order chi connectivity index (χ0) is 15.7. The Morgan fingerprint density at radius 2 is 2.05 bits per heavy atom. The molecular formula is C16H12FN3O2. The van der Waals surface area contributed by atoms with E-state index in [9.17, 15) is 4.39 Å². The quantitative estimate of drug-likeness (QED) is 0.745. The van der Waals surface area contributed by atoms with Crippen LogP contribution in [0, 0.1) is 17.1 Å². The highest BCUT2D eigenvalue weighted by Crippen LogP contribution is 2.31. The van der Waals surface area contributed by atoms with Crippen molar-refractivity contribution in [2.45, 2.75) is 0 Å². The fourth-order valence-electron chi connectivity index (χ4n) is 2.37. The van der Waals surface area contributed by atoms with Gasteiger partial charge in [0.15, 0.2) is 5.88 Å². The molecule has 0 atom stereocenters. The van der Waals surface area contributed by atoms with Gasteiger partial charge in [0.1, 0.15) is 28.8 Å². The molecule has 0 saturated carbocycles. The number of halogens is 1. The van der Waals surface area contributed by atoms with Gasteiger partial charge in [-0.15, -0.1) is 0 Å². The fourth-order valence-corrected chi connectivity index (χ4v) is 2.37.